The number of hydrogen-bond acceptors (Lipinski definition) is 8. The largest absolute Gasteiger partial charge is 0.497 e. The highest BCUT2D eigenvalue weighted by Crippen LogP contribution is 2.71. The molecule has 2 aliphatic carbocycles. The van der Waals surface area contributed by atoms with Gasteiger partial charge < -0.3 is 28.4 Å². The number of ether oxygens (including phenoxy) is 6. The summed E-state index contributed by atoms with van der Waals surface area (Å²) in [6.07, 6.45) is 4.30. The second kappa shape index (κ2) is 13.9. The molecule has 3 heterocycles. The minimum Gasteiger partial charge on any atom is -0.497 e. The van der Waals surface area contributed by atoms with Crippen LogP contribution in [0, 0.1) is 28.6 Å². The molecule has 8 atom stereocenters. The molecule has 2 saturated carbocycles. The van der Waals surface area contributed by atoms with Crippen molar-refractivity contribution in [2.24, 2.45) is 28.6 Å². The van der Waals surface area contributed by atoms with E-state index in [1.807, 2.05) is 66.7 Å². The highest BCUT2D eigenvalue weighted by atomic mass is 16.7. The molecule has 10 nitrogen and oxygen atoms in total. The third-order valence-corrected chi connectivity index (χ3v) is 13.3. The molecule has 280 valence electrons. The lowest BCUT2D eigenvalue weighted by atomic mass is 9.70. The molecule has 4 fully saturated rings. The van der Waals surface area contributed by atoms with Crippen molar-refractivity contribution in [3.05, 3.63) is 129 Å². The average Bonchev–Trinajstić information content (AvgIpc) is 3.89. The second-order valence-corrected chi connectivity index (χ2v) is 16.0. The topological polar surface area (TPSA) is 110 Å². The number of nitrogens with zero attached hydrogens (tertiary/aromatic N) is 1. The molecule has 1 N–H and O–H groups in total. The molecule has 2 bridgehead atoms. The third-order valence-electron chi connectivity index (χ3n) is 13.3. The first-order valence-corrected chi connectivity index (χ1v) is 18.8. The second-order valence-electron chi connectivity index (χ2n) is 16.0. The predicted octanol–water partition coefficient (Wildman–Crippen LogP) is 6.67. The highest BCUT2D eigenvalue weighted by Gasteiger charge is 2.69. The van der Waals surface area contributed by atoms with E-state index in [0.29, 0.717) is 24.9 Å². The van der Waals surface area contributed by atoms with E-state index < -0.39 is 23.1 Å². The number of methoxy groups -OCH3 is 2. The van der Waals surface area contributed by atoms with Gasteiger partial charge in [-0.1, -0.05) is 75.4 Å². The summed E-state index contributed by atoms with van der Waals surface area (Å²) >= 11 is 0. The Morgan fingerprint density at radius 2 is 1.45 bits per heavy atom. The van der Waals surface area contributed by atoms with Gasteiger partial charge in [0, 0.05) is 24.6 Å². The van der Waals surface area contributed by atoms with Gasteiger partial charge in [-0.3, -0.25) is 14.3 Å². The van der Waals surface area contributed by atoms with E-state index in [4.69, 9.17) is 28.4 Å². The summed E-state index contributed by atoms with van der Waals surface area (Å²) in [7, 11) is 3.29. The Labute approximate surface area is 310 Å². The number of fused-ring (bicyclic) bond motifs is 5. The monoisotopic (exact) mass is 722 g/mol. The minimum atomic E-state index is -1.05. The molecular weight excluding hydrogens is 672 g/mol. The van der Waals surface area contributed by atoms with E-state index in [-0.39, 0.29) is 41.9 Å². The van der Waals surface area contributed by atoms with E-state index >= 15 is 0 Å². The van der Waals surface area contributed by atoms with Crippen molar-refractivity contribution in [2.45, 2.75) is 76.8 Å². The zero-order valence-corrected chi connectivity index (χ0v) is 31.2. The van der Waals surface area contributed by atoms with Crippen LogP contribution in [0.1, 0.15) is 69.4 Å². The minimum absolute atomic E-state index is 0.155. The summed E-state index contributed by atoms with van der Waals surface area (Å²) in [6.45, 7) is 7.75. The lowest BCUT2D eigenvalue weighted by molar-refractivity contribution is -0.180. The van der Waals surface area contributed by atoms with E-state index in [1.165, 1.54) is 29.7 Å². The van der Waals surface area contributed by atoms with Crippen LogP contribution in [0.25, 0.3) is 0 Å². The van der Waals surface area contributed by atoms with E-state index in [2.05, 4.69) is 37.9 Å². The summed E-state index contributed by atoms with van der Waals surface area (Å²) < 4.78 is 39.5. The molecule has 0 spiro atoms. The van der Waals surface area contributed by atoms with Gasteiger partial charge in [0.15, 0.2) is 6.29 Å². The maximum atomic E-state index is 13.2. The quantitative estimate of drug-likeness (QED) is 0.162. The lowest BCUT2D eigenvalue weighted by Gasteiger charge is -2.38. The predicted molar refractivity (Wildman–Crippen MR) is 199 cm³/mol. The molecule has 3 aromatic carbocycles. The number of aromatic amines is 1. The maximum absolute atomic E-state index is 13.2. The van der Waals surface area contributed by atoms with Crippen molar-refractivity contribution in [2.75, 3.05) is 27.4 Å². The Morgan fingerprint density at radius 1 is 0.811 bits per heavy atom. The van der Waals surface area contributed by atoms with Crippen molar-refractivity contribution < 1.29 is 28.4 Å². The summed E-state index contributed by atoms with van der Waals surface area (Å²) in [5.41, 5.74) is 1.11. The van der Waals surface area contributed by atoms with Gasteiger partial charge in [-0.05, 0) is 82.9 Å². The molecule has 2 saturated heterocycles. The smallest absolute Gasteiger partial charge is 0.330 e. The molecule has 53 heavy (non-hydrogen) atoms. The van der Waals surface area contributed by atoms with Gasteiger partial charge in [-0.15, -0.1) is 0 Å². The van der Waals surface area contributed by atoms with Crippen LogP contribution < -0.4 is 20.7 Å². The van der Waals surface area contributed by atoms with E-state index in [9.17, 15) is 9.59 Å². The lowest BCUT2D eigenvalue weighted by Crippen LogP contribution is -2.38. The van der Waals surface area contributed by atoms with Crippen LogP contribution in [-0.2, 0) is 24.5 Å². The molecule has 1 aromatic heterocycles. The number of aromatic nitrogens is 2. The van der Waals surface area contributed by atoms with Crippen LogP contribution in [0.5, 0.6) is 11.5 Å². The first-order chi connectivity index (χ1) is 25.6. The Kier molecular flexibility index (Phi) is 9.38. The van der Waals surface area contributed by atoms with E-state index in [0.717, 1.165) is 34.6 Å². The number of nitrogens with one attached hydrogen (secondary N) is 1. The third kappa shape index (κ3) is 6.04. The Balaban J connectivity index is 1.09. The summed E-state index contributed by atoms with van der Waals surface area (Å²) in [5, 5.41) is 0. The van der Waals surface area contributed by atoms with Crippen molar-refractivity contribution in [1.82, 2.24) is 9.55 Å². The molecule has 2 aliphatic heterocycles. The van der Waals surface area contributed by atoms with Crippen LogP contribution in [0.3, 0.4) is 0 Å². The molecule has 4 aromatic rings. The van der Waals surface area contributed by atoms with Crippen LogP contribution in [-0.4, -0.2) is 55.5 Å². The first kappa shape index (κ1) is 35.8. The summed E-state index contributed by atoms with van der Waals surface area (Å²) in [6, 6.07) is 27.3. The van der Waals surface area contributed by atoms with Crippen molar-refractivity contribution in [3.8, 4) is 11.5 Å². The summed E-state index contributed by atoms with van der Waals surface area (Å²) in [4.78, 5) is 27.7. The van der Waals surface area contributed by atoms with Gasteiger partial charge in [0.1, 0.15) is 23.3 Å². The van der Waals surface area contributed by atoms with Crippen LogP contribution in [0.15, 0.2) is 101 Å². The normalized spacial score (nSPS) is 30.0. The maximum Gasteiger partial charge on any atom is 0.330 e. The fourth-order valence-corrected chi connectivity index (χ4v) is 10.1. The van der Waals surface area contributed by atoms with Gasteiger partial charge in [-0.25, -0.2) is 4.79 Å². The van der Waals surface area contributed by atoms with Crippen molar-refractivity contribution in [1.29, 1.82) is 0 Å². The molecule has 0 amide bonds. The number of benzene rings is 3. The Hall–Kier alpha value is -4.22. The average molecular weight is 723 g/mol. The van der Waals surface area contributed by atoms with Crippen LogP contribution in [0.2, 0.25) is 0 Å². The number of hydrogen-bond donors (Lipinski definition) is 1. The molecular formula is C43H50N2O8. The highest BCUT2D eigenvalue weighted by molar-refractivity contribution is 5.49. The Morgan fingerprint density at radius 3 is 2.06 bits per heavy atom. The SMILES string of the molecule is COc1ccc(C(OC[C@H]2C[C@@H](CO[C@H]3C[C@@H]4[C@H]5CC[C@@](C)([C@@H]4O3)C5(C)C)O[C@@H]2n2ccc(=O)[nH]c2=O)(c2ccccc2)c2ccc(OC)cc2)cc1. The van der Waals surface area contributed by atoms with Gasteiger partial charge in [0.2, 0.25) is 0 Å². The van der Waals surface area contributed by atoms with Gasteiger partial charge in [-0.2, -0.15) is 0 Å². The Bertz CT molecular complexity index is 1960. The fraction of sp³-hybridized carbons (Fsp3) is 0.488. The van der Waals surface area contributed by atoms with Crippen molar-refractivity contribution in [3.63, 3.8) is 0 Å². The molecule has 0 radical (unpaired) electrons. The fourth-order valence-electron chi connectivity index (χ4n) is 10.1. The molecule has 4 aliphatic rings. The van der Waals surface area contributed by atoms with Gasteiger partial charge in [0.25, 0.3) is 5.56 Å². The van der Waals surface area contributed by atoms with E-state index in [1.54, 1.807) is 14.2 Å². The molecule has 0 unspecified atom stereocenters. The number of H-pyrrole nitrogens is 1. The zero-order valence-electron chi connectivity index (χ0n) is 31.2. The summed E-state index contributed by atoms with van der Waals surface area (Å²) in [5.74, 6) is 2.35. The standard InChI is InChI=1S/C43H50N2O8/c1-41(2)35-19-21-42(41,3)38-34(35)24-37(53-38)50-26-33-23-27(39(52-33)45-22-20-36(46)44-40(45)47)25-51-43(28-9-7-6-8-10-28,29-11-15-31(48-4)16-12-29)30-13-17-32(49-5)18-14-30/h6-18,20,22,27,33-35,37-39H,19,21,23-26H2,1-5H3,(H,44,46,47)/t27-,33+,34-,35-,37-,38-,39+,42+/m1/s1. The molecule has 10 heteroatoms. The van der Waals surface area contributed by atoms with Crippen LogP contribution in [0.4, 0.5) is 0 Å². The molecule has 8 rings (SSSR count). The van der Waals surface area contributed by atoms with Gasteiger partial charge in [0.05, 0.1) is 39.6 Å². The van der Waals surface area contributed by atoms with Crippen molar-refractivity contribution >= 4 is 0 Å². The number of rotatable bonds is 12. The zero-order chi connectivity index (χ0) is 37.0. The van der Waals surface area contributed by atoms with Crippen LogP contribution >= 0.6 is 0 Å². The van der Waals surface area contributed by atoms with Gasteiger partial charge >= 0.3 is 5.69 Å². The first-order valence-electron chi connectivity index (χ1n) is 18.8.